The highest BCUT2D eigenvalue weighted by molar-refractivity contribution is 9.10. The number of carbonyl (C=O) groups is 1. The van der Waals surface area contributed by atoms with Crippen LogP contribution in [0.1, 0.15) is 29.3 Å². The molecule has 1 atom stereocenters. The fourth-order valence-corrected chi connectivity index (χ4v) is 3.13. The van der Waals surface area contributed by atoms with Crippen molar-refractivity contribution in [1.82, 2.24) is 10.6 Å². The molecule has 4 nitrogen and oxygen atoms in total. The summed E-state index contributed by atoms with van der Waals surface area (Å²) in [4.78, 5) is 12.2. The molecule has 1 amide bonds. The van der Waals surface area contributed by atoms with Gasteiger partial charge in [-0.05, 0) is 55.9 Å². The minimum atomic E-state index is -0.982. The molecule has 0 saturated heterocycles. The van der Waals surface area contributed by atoms with Crippen LogP contribution in [-0.4, -0.2) is 22.7 Å². The van der Waals surface area contributed by atoms with E-state index in [2.05, 4.69) is 26.6 Å². The van der Waals surface area contributed by atoms with Crippen LogP contribution in [0.5, 0.6) is 0 Å². The summed E-state index contributed by atoms with van der Waals surface area (Å²) in [5.74, 6) is -0.789. The predicted molar refractivity (Wildman–Crippen MR) is 103 cm³/mol. The molecule has 2 aromatic carbocycles. The Morgan fingerprint density at radius 3 is 2.60 bits per heavy atom. The molecule has 0 aromatic heterocycles. The Labute approximate surface area is 159 Å². The Kier molecular flexibility index (Phi) is 6.64. The molecule has 0 spiro atoms. The number of aliphatic hydroxyl groups excluding tert-OH is 1. The zero-order chi connectivity index (χ0) is 18.4. The van der Waals surface area contributed by atoms with Crippen LogP contribution in [0.4, 0.5) is 4.39 Å². The summed E-state index contributed by atoms with van der Waals surface area (Å²) in [6.07, 6.45) is 0.210. The third-order valence-corrected chi connectivity index (χ3v) is 4.48. The van der Waals surface area contributed by atoms with Crippen LogP contribution in [0, 0.1) is 5.82 Å². The lowest BCUT2D eigenvalue weighted by molar-refractivity contribution is 0.0976. The van der Waals surface area contributed by atoms with Gasteiger partial charge in [-0.15, -0.1) is 0 Å². The van der Waals surface area contributed by atoms with E-state index in [1.807, 2.05) is 6.07 Å². The highest BCUT2D eigenvalue weighted by atomic mass is 79.9. The Morgan fingerprint density at radius 2 is 1.96 bits per heavy atom. The quantitative estimate of drug-likeness (QED) is 0.642. The van der Waals surface area contributed by atoms with Gasteiger partial charge in [-0.3, -0.25) is 10.1 Å². The number of hydrogen-bond donors (Lipinski definition) is 3. The van der Waals surface area contributed by atoms with Crippen LogP contribution in [0.3, 0.4) is 0 Å². The van der Waals surface area contributed by atoms with E-state index in [4.69, 9.17) is 12.2 Å². The Hall–Kier alpha value is -1.83. The van der Waals surface area contributed by atoms with Gasteiger partial charge >= 0.3 is 0 Å². The molecule has 0 radical (unpaired) electrons. The molecular weight excluding hydrogens is 407 g/mol. The Morgan fingerprint density at radius 1 is 1.28 bits per heavy atom. The van der Waals surface area contributed by atoms with Gasteiger partial charge in [-0.2, -0.15) is 0 Å². The van der Waals surface area contributed by atoms with Gasteiger partial charge in [-0.25, -0.2) is 4.39 Å². The molecular formula is C18H18BrFN2O2S. The molecule has 0 saturated carbocycles. The van der Waals surface area contributed by atoms with Crippen molar-refractivity contribution in [2.75, 3.05) is 6.61 Å². The van der Waals surface area contributed by atoms with Crippen molar-refractivity contribution in [2.45, 2.75) is 18.9 Å². The van der Waals surface area contributed by atoms with Gasteiger partial charge in [0.2, 0.25) is 0 Å². The van der Waals surface area contributed by atoms with Crippen molar-refractivity contribution in [2.24, 2.45) is 0 Å². The van der Waals surface area contributed by atoms with Crippen molar-refractivity contribution >= 4 is 39.2 Å². The second-order valence-corrected chi connectivity index (χ2v) is 7.03. The van der Waals surface area contributed by atoms with Crippen LogP contribution in [-0.2, 0) is 5.54 Å². The van der Waals surface area contributed by atoms with Crippen molar-refractivity contribution in [3.63, 3.8) is 0 Å². The molecule has 0 fully saturated rings. The molecule has 3 N–H and O–H groups in total. The number of carbonyl (C=O) groups excluding carboxylic acids is 1. The fourth-order valence-electron chi connectivity index (χ4n) is 2.46. The van der Waals surface area contributed by atoms with Gasteiger partial charge in [0.1, 0.15) is 5.82 Å². The minimum absolute atomic E-state index is 0.0594. The summed E-state index contributed by atoms with van der Waals surface area (Å²) in [6, 6.07) is 13.2. The van der Waals surface area contributed by atoms with Gasteiger partial charge in [0.15, 0.2) is 5.11 Å². The lowest BCUT2D eigenvalue weighted by Crippen LogP contribution is -2.50. The van der Waals surface area contributed by atoms with Gasteiger partial charge in [0.25, 0.3) is 5.91 Å². The SMILES string of the molecule is CC(CCO)(NC(=S)NC(=O)c1ccccc1)c1cc(Br)ccc1F. The third kappa shape index (κ3) is 5.07. The zero-order valence-electron chi connectivity index (χ0n) is 13.6. The number of nitrogens with one attached hydrogen (secondary N) is 2. The standard InChI is InChI=1S/C18H18BrFN2O2S/c1-18(9-10-23,14-11-13(19)7-8-15(14)20)22-17(25)21-16(24)12-5-3-2-4-6-12/h2-8,11,23H,9-10H2,1H3,(H2,21,22,24,25). The van der Waals surface area contributed by atoms with Gasteiger partial charge < -0.3 is 10.4 Å². The molecule has 25 heavy (non-hydrogen) atoms. The monoisotopic (exact) mass is 424 g/mol. The van der Waals surface area contributed by atoms with E-state index >= 15 is 0 Å². The first-order chi connectivity index (χ1) is 11.9. The third-order valence-electron chi connectivity index (χ3n) is 3.79. The first-order valence-corrected chi connectivity index (χ1v) is 8.81. The molecule has 7 heteroatoms. The van der Waals surface area contributed by atoms with E-state index in [9.17, 15) is 14.3 Å². The number of aliphatic hydroxyl groups is 1. The highest BCUT2D eigenvalue weighted by Crippen LogP contribution is 2.29. The molecule has 0 bridgehead atoms. The number of thiocarbonyl (C=S) groups is 1. The highest BCUT2D eigenvalue weighted by Gasteiger charge is 2.30. The summed E-state index contributed by atoms with van der Waals surface area (Å²) >= 11 is 8.53. The average Bonchev–Trinajstić information content (AvgIpc) is 2.57. The van der Waals surface area contributed by atoms with E-state index in [0.29, 0.717) is 15.6 Å². The fraction of sp³-hybridized carbons (Fsp3) is 0.222. The van der Waals surface area contributed by atoms with Crippen molar-refractivity contribution in [3.8, 4) is 0 Å². The largest absolute Gasteiger partial charge is 0.396 e. The van der Waals surface area contributed by atoms with Gasteiger partial charge in [0, 0.05) is 22.2 Å². The maximum Gasteiger partial charge on any atom is 0.257 e. The molecule has 0 aliphatic rings. The number of hydrogen-bond acceptors (Lipinski definition) is 3. The maximum atomic E-state index is 14.3. The second kappa shape index (κ2) is 8.51. The van der Waals surface area contributed by atoms with Crippen LogP contribution in [0.2, 0.25) is 0 Å². The first kappa shape index (κ1) is 19.5. The lowest BCUT2D eigenvalue weighted by atomic mass is 9.88. The number of rotatable bonds is 5. The Bertz CT molecular complexity index is 773. The van der Waals surface area contributed by atoms with E-state index in [-0.39, 0.29) is 24.0 Å². The maximum absolute atomic E-state index is 14.3. The topological polar surface area (TPSA) is 61.4 Å². The smallest absolute Gasteiger partial charge is 0.257 e. The average molecular weight is 425 g/mol. The lowest BCUT2D eigenvalue weighted by Gasteiger charge is -2.32. The number of benzene rings is 2. The normalized spacial score (nSPS) is 13.0. The molecule has 132 valence electrons. The molecule has 0 aliphatic carbocycles. The minimum Gasteiger partial charge on any atom is -0.396 e. The van der Waals surface area contributed by atoms with Crippen molar-refractivity contribution in [1.29, 1.82) is 0 Å². The second-order valence-electron chi connectivity index (χ2n) is 5.70. The number of halogens is 2. The van der Waals surface area contributed by atoms with Crippen LogP contribution in [0.25, 0.3) is 0 Å². The summed E-state index contributed by atoms with van der Waals surface area (Å²) in [5, 5.41) is 15.0. The van der Waals surface area contributed by atoms with Crippen molar-refractivity contribution in [3.05, 3.63) is 69.9 Å². The van der Waals surface area contributed by atoms with Gasteiger partial charge in [0.05, 0.1) is 5.54 Å². The molecule has 2 aromatic rings. The molecule has 1 unspecified atom stereocenters. The van der Waals surface area contributed by atoms with Crippen LogP contribution < -0.4 is 10.6 Å². The summed E-state index contributed by atoms with van der Waals surface area (Å²) < 4.78 is 15.0. The summed E-state index contributed by atoms with van der Waals surface area (Å²) in [6.45, 7) is 1.54. The zero-order valence-corrected chi connectivity index (χ0v) is 16.0. The molecule has 0 aliphatic heterocycles. The van der Waals surface area contributed by atoms with E-state index in [0.717, 1.165) is 0 Å². The van der Waals surface area contributed by atoms with E-state index in [1.165, 1.54) is 6.07 Å². The summed E-state index contributed by atoms with van der Waals surface area (Å²) in [5.41, 5.74) is -0.180. The predicted octanol–water partition coefficient (Wildman–Crippen LogP) is 3.49. The number of amides is 1. The Balaban J connectivity index is 2.19. The summed E-state index contributed by atoms with van der Waals surface area (Å²) in [7, 11) is 0. The van der Waals surface area contributed by atoms with Crippen LogP contribution >= 0.6 is 28.1 Å². The van der Waals surface area contributed by atoms with Gasteiger partial charge in [-0.1, -0.05) is 34.1 Å². The van der Waals surface area contributed by atoms with Crippen LogP contribution in [0.15, 0.2) is 53.0 Å². The first-order valence-electron chi connectivity index (χ1n) is 7.60. The molecule has 0 heterocycles. The molecule has 2 rings (SSSR count). The van der Waals surface area contributed by atoms with E-state index < -0.39 is 11.4 Å². The van der Waals surface area contributed by atoms with Crippen molar-refractivity contribution < 1.29 is 14.3 Å². The van der Waals surface area contributed by atoms with E-state index in [1.54, 1.807) is 43.3 Å².